The summed E-state index contributed by atoms with van der Waals surface area (Å²) in [7, 11) is 0. The third-order valence-electron chi connectivity index (χ3n) is 3.96. The number of aryl methyl sites for hydroxylation is 1. The first-order chi connectivity index (χ1) is 13.0. The number of nitrogens with zero attached hydrogens (tertiary/aromatic N) is 1. The number of hydrogen-bond donors (Lipinski definition) is 3. The van der Waals surface area contributed by atoms with Crippen LogP contribution < -0.4 is 16.0 Å². The topological polar surface area (TPSA) is 83.1 Å². The van der Waals surface area contributed by atoms with E-state index in [9.17, 15) is 14.0 Å². The van der Waals surface area contributed by atoms with Gasteiger partial charge < -0.3 is 16.0 Å². The Hall–Kier alpha value is -2.96. The molecule has 0 aliphatic heterocycles. The Morgan fingerprint density at radius 2 is 1.81 bits per heavy atom. The monoisotopic (exact) mass is 372 g/mol. The molecule has 3 amide bonds. The lowest BCUT2D eigenvalue weighted by Crippen LogP contribution is -2.49. The first kappa shape index (κ1) is 20.4. The highest BCUT2D eigenvalue weighted by Crippen LogP contribution is 2.03. The second-order valence-electron chi connectivity index (χ2n) is 6.28. The predicted octanol–water partition coefficient (Wildman–Crippen LogP) is 2.81. The van der Waals surface area contributed by atoms with Crippen molar-refractivity contribution in [1.82, 2.24) is 20.9 Å². The Morgan fingerprint density at radius 1 is 1.07 bits per heavy atom. The normalized spacial score (nSPS) is 11.5. The average molecular weight is 372 g/mol. The fourth-order valence-corrected chi connectivity index (χ4v) is 2.55. The van der Waals surface area contributed by atoms with E-state index in [1.54, 1.807) is 12.1 Å². The minimum Gasteiger partial charge on any atom is -0.349 e. The molecule has 3 N–H and O–H groups in total. The Bertz CT molecular complexity index is 765. The van der Waals surface area contributed by atoms with Gasteiger partial charge in [0, 0.05) is 12.2 Å². The van der Waals surface area contributed by atoms with Crippen LogP contribution in [0.5, 0.6) is 0 Å². The summed E-state index contributed by atoms with van der Waals surface area (Å²) in [6.45, 7) is 4.39. The highest BCUT2D eigenvalue weighted by molar-refractivity contribution is 5.86. The summed E-state index contributed by atoms with van der Waals surface area (Å²) in [5.74, 6) is -0.580. The van der Waals surface area contributed by atoms with Crippen LogP contribution >= 0.6 is 0 Å². The van der Waals surface area contributed by atoms with Crippen LogP contribution in [0, 0.1) is 12.7 Å². The van der Waals surface area contributed by atoms with Gasteiger partial charge in [-0.3, -0.25) is 9.78 Å². The van der Waals surface area contributed by atoms with E-state index in [4.69, 9.17) is 0 Å². The van der Waals surface area contributed by atoms with E-state index in [2.05, 4.69) is 20.9 Å². The van der Waals surface area contributed by atoms with Crippen molar-refractivity contribution in [2.45, 2.75) is 45.8 Å². The number of urea groups is 1. The lowest BCUT2D eigenvalue weighted by Gasteiger charge is -2.18. The molecule has 7 heteroatoms. The first-order valence-electron chi connectivity index (χ1n) is 8.97. The molecule has 144 valence electrons. The minimum absolute atomic E-state index is 0.250. The van der Waals surface area contributed by atoms with Crippen molar-refractivity contribution in [2.24, 2.45) is 0 Å². The van der Waals surface area contributed by atoms with Crippen LogP contribution in [0.2, 0.25) is 0 Å². The van der Waals surface area contributed by atoms with Gasteiger partial charge in [0.25, 0.3) is 0 Å². The summed E-state index contributed by atoms with van der Waals surface area (Å²) in [5, 5.41) is 8.18. The van der Waals surface area contributed by atoms with Crippen molar-refractivity contribution in [2.75, 3.05) is 0 Å². The van der Waals surface area contributed by atoms with Gasteiger partial charge in [0.1, 0.15) is 11.9 Å². The second-order valence-corrected chi connectivity index (χ2v) is 6.28. The molecule has 1 heterocycles. The van der Waals surface area contributed by atoms with Crippen LogP contribution in [-0.4, -0.2) is 23.0 Å². The molecule has 1 aromatic heterocycles. The molecule has 0 aliphatic rings. The van der Waals surface area contributed by atoms with Crippen LogP contribution in [0.3, 0.4) is 0 Å². The van der Waals surface area contributed by atoms with Gasteiger partial charge in [0.2, 0.25) is 5.91 Å². The van der Waals surface area contributed by atoms with Crippen molar-refractivity contribution in [3.8, 4) is 0 Å². The number of rotatable bonds is 8. The Balaban J connectivity index is 1.84. The van der Waals surface area contributed by atoms with Crippen molar-refractivity contribution >= 4 is 11.9 Å². The van der Waals surface area contributed by atoms with Gasteiger partial charge in [-0.05, 0) is 43.2 Å². The number of benzene rings is 1. The van der Waals surface area contributed by atoms with Gasteiger partial charge >= 0.3 is 6.03 Å². The average Bonchev–Trinajstić information content (AvgIpc) is 2.65. The number of carbonyl (C=O) groups excluding carboxylic acids is 2. The largest absolute Gasteiger partial charge is 0.349 e. The molecular formula is C20H25FN4O2. The second kappa shape index (κ2) is 10.3. The number of hydrogen-bond acceptors (Lipinski definition) is 3. The standard InChI is InChI=1S/C20H25FN4O2/c1-3-5-18(19(26)22-13-17-7-4-6-14(2)24-17)25-20(27)23-12-15-8-10-16(21)11-9-15/h4,6-11,18H,3,5,12-13H2,1-2H3,(H,22,26)(H2,23,25,27). The van der Waals surface area contributed by atoms with Crippen LogP contribution in [0.15, 0.2) is 42.5 Å². The minimum atomic E-state index is -0.631. The summed E-state index contributed by atoms with van der Waals surface area (Å²) in [6, 6.07) is 10.4. The molecule has 0 fully saturated rings. The summed E-state index contributed by atoms with van der Waals surface area (Å²) >= 11 is 0. The van der Waals surface area contributed by atoms with E-state index in [1.807, 2.05) is 32.0 Å². The van der Waals surface area contributed by atoms with Crippen LogP contribution in [0.1, 0.15) is 36.7 Å². The van der Waals surface area contributed by atoms with E-state index < -0.39 is 12.1 Å². The number of pyridine rings is 1. The molecule has 0 radical (unpaired) electrons. The highest BCUT2D eigenvalue weighted by Gasteiger charge is 2.19. The van der Waals surface area contributed by atoms with Crippen molar-refractivity contribution in [3.63, 3.8) is 0 Å². The highest BCUT2D eigenvalue weighted by atomic mass is 19.1. The quantitative estimate of drug-likeness (QED) is 0.666. The maximum Gasteiger partial charge on any atom is 0.315 e. The molecule has 27 heavy (non-hydrogen) atoms. The predicted molar refractivity (Wildman–Crippen MR) is 101 cm³/mol. The molecule has 0 saturated carbocycles. The zero-order valence-corrected chi connectivity index (χ0v) is 15.6. The van der Waals surface area contributed by atoms with E-state index in [1.165, 1.54) is 12.1 Å². The third-order valence-corrected chi connectivity index (χ3v) is 3.96. The first-order valence-corrected chi connectivity index (χ1v) is 8.97. The molecule has 1 aromatic carbocycles. The van der Waals surface area contributed by atoms with Crippen LogP contribution in [-0.2, 0) is 17.9 Å². The van der Waals surface area contributed by atoms with Gasteiger partial charge in [0.05, 0.1) is 12.2 Å². The van der Waals surface area contributed by atoms with Gasteiger partial charge in [-0.25, -0.2) is 9.18 Å². The number of halogens is 1. The molecule has 6 nitrogen and oxygen atoms in total. The van der Waals surface area contributed by atoms with E-state index in [0.29, 0.717) is 13.0 Å². The lowest BCUT2D eigenvalue weighted by molar-refractivity contribution is -0.123. The fourth-order valence-electron chi connectivity index (χ4n) is 2.55. The maximum atomic E-state index is 12.9. The fraction of sp³-hybridized carbons (Fsp3) is 0.350. The van der Waals surface area contributed by atoms with Crippen molar-refractivity contribution < 1.29 is 14.0 Å². The molecule has 0 bridgehead atoms. The summed E-state index contributed by atoms with van der Waals surface area (Å²) in [4.78, 5) is 28.9. The van der Waals surface area contributed by atoms with Gasteiger partial charge in [-0.15, -0.1) is 0 Å². The maximum absolute atomic E-state index is 12.9. The number of aromatic nitrogens is 1. The van der Waals surface area contributed by atoms with Crippen LogP contribution in [0.25, 0.3) is 0 Å². The Labute approximate surface area is 158 Å². The molecule has 0 spiro atoms. The molecule has 0 aliphatic carbocycles. The Kier molecular flexibility index (Phi) is 7.73. The molecule has 2 aromatic rings. The molecule has 1 unspecified atom stereocenters. The van der Waals surface area contributed by atoms with Gasteiger partial charge in [-0.1, -0.05) is 31.5 Å². The zero-order valence-electron chi connectivity index (χ0n) is 15.6. The number of carbonyl (C=O) groups is 2. The SMILES string of the molecule is CCCC(NC(=O)NCc1ccc(F)cc1)C(=O)NCc1cccc(C)n1. The summed E-state index contributed by atoms with van der Waals surface area (Å²) in [6.07, 6.45) is 1.27. The molecule has 1 atom stereocenters. The number of nitrogens with one attached hydrogen (secondary N) is 3. The zero-order chi connectivity index (χ0) is 19.6. The summed E-state index contributed by atoms with van der Waals surface area (Å²) < 4.78 is 12.9. The number of amides is 3. The third kappa shape index (κ3) is 7.05. The van der Waals surface area contributed by atoms with Crippen molar-refractivity contribution in [3.05, 3.63) is 65.2 Å². The Morgan fingerprint density at radius 3 is 2.48 bits per heavy atom. The van der Waals surface area contributed by atoms with Crippen molar-refractivity contribution in [1.29, 1.82) is 0 Å². The van der Waals surface area contributed by atoms with E-state index in [0.717, 1.165) is 23.4 Å². The molecular weight excluding hydrogens is 347 g/mol. The lowest BCUT2D eigenvalue weighted by atomic mass is 10.1. The summed E-state index contributed by atoms with van der Waals surface area (Å²) in [5.41, 5.74) is 2.41. The van der Waals surface area contributed by atoms with Gasteiger partial charge in [0.15, 0.2) is 0 Å². The van der Waals surface area contributed by atoms with E-state index in [-0.39, 0.29) is 18.3 Å². The smallest absolute Gasteiger partial charge is 0.315 e. The molecule has 0 saturated heterocycles. The van der Waals surface area contributed by atoms with Crippen LogP contribution in [0.4, 0.5) is 9.18 Å². The molecule has 2 rings (SSSR count). The van der Waals surface area contributed by atoms with E-state index >= 15 is 0 Å². The van der Waals surface area contributed by atoms with Gasteiger partial charge in [-0.2, -0.15) is 0 Å².